The van der Waals surface area contributed by atoms with Crippen molar-refractivity contribution in [3.8, 4) is 11.1 Å². The van der Waals surface area contributed by atoms with Gasteiger partial charge in [0, 0.05) is 24.9 Å². The van der Waals surface area contributed by atoms with E-state index in [1.165, 1.54) is 28.6 Å². The summed E-state index contributed by atoms with van der Waals surface area (Å²) in [6.07, 6.45) is -2.91. The van der Waals surface area contributed by atoms with Crippen molar-refractivity contribution >= 4 is 16.2 Å². The van der Waals surface area contributed by atoms with Gasteiger partial charge in [-0.1, -0.05) is 12.1 Å². The largest absolute Gasteiger partial charge is 0.416 e. The van der Waals surface area contributed by atoms with Gasteiger partial charge in [0.1, 0.15) is 0 Å². The molecular weight excluding hydrogens is 393 g/mol. The van der Waals surface area contributed by atoms with Gasteiger partial charge in [0.05, 0.1) is 30.2 Å². The Balaban J connectivity index is 1.72. The van der Waals surface area contributed by atoms with Gasteiger partial charge >= 0.3 is 6.18 Å². The van der Waals surface area contributed by atoms with Crippen molar-refractivity contribution < 1.29 is 26.3 Å². The first kappa shape index (κ1) is 19.1. The summed E-state index contributed by atoms with van der Waals surface area (Å²) in [6, 6.07) is 8.13. The van der Waals surface area contributed by atoms with E-state index in [0.29, 0.717) is 35.5 Å². The summed E-state index contributed by atoms with van der Waals surface area (Å²) in [5.41, 5.74) is 1.31. The number of alkyl halides is 3. The fourth-order valence-electron chi connectivity index (χ4n) is 3.38. The molecule has 2 heterocycles. The molecule has 0 N–H and O–H groups in total. The Kier molecular flexibility index (Phi) is 4.76. The average Bonchev–Trinajstić information content (AvgIpc) is 3.16. The molecule has 5 nitrogen and oxygen atoms in total. The third-order valence-electron chi connectivity index (χ3n) is 4.85. The first-order valence-electron chi connectivity index (χ1n) is 8.69. The van der Waals surface area contributed by atoms with Gasteiger partial charge < -0.3 is 4.74 Å². The van der Waals surface area contributed by atoms with Crippen LogP contribution in [0.5, 0.6) is 0 Å². The quantitative estimate of drug-likeness (QED) is 0.780. The molecule has 1 saturated heterocycles. The van der Waals surface area contributed by atoms with Gasteiger partial charge in [0.15, 0.2) is 0 Å². The number of aliphatic imine (C=N–C) groups is 1. The molecule has 0 aliphatic carbocycles. The molecule has 9 heteroatoms. The predicted molar refractivity (Wildman–Crippen MR) is 97.8 cm³/mol. The number of fused-ring (bicyclic) bond motifs is 1. The molecule has 0 bridgehead atoms. The highest BCUT2D eigenvalue weighted by atomic mass is 32.2. The third kappa shape index (κ3) is 3.45. The lowest BCUT2D eigenvalue weighted by Gasteiger charge is -2.26. The van der Waals surface area contributed by atoms with E-state index in [4.69, 9.17) is 4.74 Å². The highest BCUT2D eigenvalue weighted by Gasteiger charge is 2.33. The van der Waals surface area contributed by atoms with Gasteiger partial charge in [0.25, 0.3) is 0 Å². The van der Waals surface area contributed by atoms with Crippen LogP contribution in [0.4, 0.5) is 13.2 Å². The number of nitrogens with zero attached hydrogens (tertiary/aromatic N) is 2. The summed E-state index contributed by atoms with van der Waals surface area (Å²) < 4.78 is 71.7. The van der Waals surface area contributed by atoms with Crippen molar-refractivity contribution in [2.75, 3.05) is 26.3 Å². The Bertz CT molecular complexity index is 1030. The van der Waals surface area contributed by atoms with Crippen molar-refractivity contribution in [3.63, 3.8) is 0 Å². The zero-order chi connectivity index (χ0) is 19.9. The molecule has 4 rings (SSSR count). The normalized spacial score (nSPS) is 17.7. The van der Waals surface area contributed by atoms with Crippen LogP contribution < -0.4 is 0 Å². The summed E-state index contributed by atoms with van der Waals surface area (Å²) in [7, 11) is -3.66. The van der Waals surface area contributed by atoms with E-state index in [1.54, 1.807) is 6.21 Å². The molecule has 0 atom stereocenters. The van der Waals surface area contributed by atoms with Crippen molar-refractivity contribution in [1.29, 1.82) is 0 Å². The van der Waals surface area contributed by atoms with E-state index in [9.17, 15) is 21.6 Å². The molecule has 0 unspecified atom stereocenters. The van der Waals surface area contributed by atoms with E-state index >= 15 is 0 Å². The molecule has 0 saturated carbocycles. The summed E-state index contributed by atoms with van der Waals surface area (Å²) in [5, 5.41) is 0. The Labute approximate surface area is 160 Å². The van der Waals surface area contributed by atoms with E-state index in [-0.39, 0.29) is 24.5 Å². The summed E-state index contributed by atoms with van der Waals surface area (Å²) in [6.45, 7) is 1.44. The number of hydrogen-bond donors (Lipinski definition) is 0. The summed E-state index contributed by atoms with van der Waals surface area (Å²) in [4.78, 5) is 4.18. The van der Waals surface area contributed by atoms with Crippen LogP contribution in [0.3, 0.4) is 0 Å². The van der Waals surface area contributed by atoms with Gasteiger partial charge in [-0.2, -0.15) is 17.5 Å². The molecule has 0 radical (unpaired) electrons. The van der Waals surface area contributed by atoms with Crippen molar-refractivity contribution in [2.24, 2.45) is 4.99 Å². The van der Waals surface area contributed by atoms with Gasteiger partial charge in [0.2, 0.25) is 10.0 Å². The maximum atomic E-state index is 13.2. The second-order valence-electron chi connectivity index (χ2n) is 6.60. The zero-order valence-electron chi connectivity index (χ0n) is 14.7. The molecule has 0 spiro atoms. The minimum absolute atomic E-state index is 0.107. The van der Waals surface area contributed by atoms with E-state index in [1.807, 2.05) is 0 Å². The van der Waals surface area contributed by atoms with E-state index < -0.39 is 21.8 Å². The molecule has 2 aromatic rings. The number of hydrogen-bond acceptors (Lipinski definition) is 4. The lowest BCUT2D eigenvalue weighted by atomic mass is 9.94. The lowest BCUT2D eigenvalue weighted by molar-refractivity contribution is -0.137. The zero-order valence-corrected chi connectivity index (χ0v) is 15.6. The highest BCUT2D eigenvalue weighted by Crippen LogP contribution is 2.37. The molecule has 2 aliphatic heterocycles. The maximum absolute atomic E-state index is 13.2. The average molecular weight is 410 g/mol. The smallest absolute Gasteiger partial charge is 0.379 e. The van der Waals surface area contributed by atoms with Crippen molar-refractivity contribution in [1.82, 2.24) is 4.31 Å². The Morgan fingerprint density at radius 3 is 2.36 bits per heavy atom. The van der Waals surface area contributed by atoms with E-state index in [2.05, 4.69) is 4.99 Å². The third-order valence-corrected chi connectivity index (χ3v) is 6.76. The molecular formula is C19H17F3N2O3S. The highest BCUT2D eigenvalue weighted by molar-refractivity contribution is 7.89. The standard InChI is InChI=1S/C19H17F3N2O3S/c20-19(21,22)15-9-14-11-23-12-18(14)17(10-15)13-1-3-16(4-2-13)28(25,26)24-5-7-27-8-6-24/h1-4,9-10,12H,5-8,11H2. The molecule has 2 aliphatic rings. The van der Waals surface area contributed by atoms with E-state index in [0.717, 1.165) is 12.1 Å². The van der Waals surface area contributed by atoms with Crippen LogP contribution in [0.2, 0.25) is 0 Å². The van der Waals surface area contributed by atoms with Crippen LogP contribution in [0.25, 0.3) is 11.1 Å². The monoisotopic (exact) mass is 410 g/mol. The Morgan fingerprint density at radius 1 is 1.04 bits per heavy atom. The minimum atomic E-state index is -4.47. The maximum Gasteiger partial charge on any atom is 0.416 e. The fraction of sp³-hybridized carbons (Fsp3) is 0.316. The van der Waals surface area contributed by atoms with Crippen LogP contribution >= 0.6 is 0 Å². The molecule has 148 valence electrons. The molecule has 0 aromatic heterocycles. The van der Waals surface area contributed by atoms with Crippen molar-refractivity contribution in [2.45, 2.75) is 17.6 Å². The van der Waals surface area contributed by atoms with Crippen LogP contribution in [0.1, 0.15) is 16.7 Å². The number of benzene rings is 2. The number of morpholine rings is 1. The molecule has 1 fully saturated rings. The van der Waals surface area contributed by atoms with Crippen LogP contribution in [0, 0.1) is 0 Å². The number of sulfonamides is 1. The van der Waals surface area contributed by atoms with Gasteiger partial charge in [-0.05, 0) is 41.0 Å². The Morgan fingerprint density at radius 2 is 1.71 bits per heavy atom. The van der Waals surface area contributed by atoms with Crippen LogP contribution in [-0.4, -0.2) is 45.2 Å². The predicted octanol–water partition coefficient (Wildman–Crippen LogP) is 3.33. The molecule has 2 aromatic carbocycles. The molecule has 0 amide bonds. The second kappa shape index (κ2) is 6.98. The fourth-order valence-corrected chi connectivity index (χ4v) is 4.78. The number of rotatable bonds is 3. The minimum Gasteiger partial charge on any atom is -0.379 e. The number of ether oxygens (including phenoxy) is 1. The lowest BCUT2D eigenvalue weighted by Crippen LogP contribution is -2.40. The number of halogens is 3. The van der Waals surface area contributed by atoms with Gasteiger partial charge in [-0.3, -0.25) is 4.99 Å². The Hall–Kier alpha value is -2.23. The summed E-state index contributed by atoms with van der Waals surface area (Å²) in [5.74, 6) is 0. The topological polar surface area (TPSA) is 59.0 Å². The second-order valence-corrected chi connectivity index (χ2v) is 8.54. The first-order chi connectivity index (χ1) is 13.3. The molecule has 28 heavy (non-hydrogen) atoms. The van der Waals surface area contributed by atoms with Crippen LogP contribution in [0.15, 0.2) is 46.3 Å². The first-order valence-corrected chi connectivity index (χ1v) is 10.1. The van der Waals surface area contributed by atoms with Crippen LogP contribution in [-0.2, 0) is 27.5 Å². The summed E-state index contributed by atoms with van der Waals surface area (Å²) >= 11 is 0. The van der Waals surface area contributed by atoms with Crippen molar-refractivity contribution in [3.05, 3.63) is 53.1 Å². The van der Waals surface area contributed by atoms with Gasteiger partial charge in [-0.15, -0.1) is 0 Å². The van der Waals surface area contributed by atoms with Gasteiger partial charge in [-0.25, -0.2) is 8.42 Å². The SMILES string of the molecule is O=S(=O)(c1ccc(-c2cc(C(F)(F)F)cc3c2C=NC3)cc1)N1CCOCC1.